The zero-order valence-corrected chi connectivity index (χ0v) is 9.31. The van der Waals surface area contributed by atoms with Crippen LogP contribution in [0.4, 0.5) is 11.4 Å². The Labute approximate surface area is 94.7 Å². The van der Waals surface area contributed by atoms with Crippen molar-refractivity contribution in [1.29, 1.82) is 0 Å². The van der Waals surface area contributed by atoms with Crippen molar-refractivity contribution in [2.75, 3.05) is 30.3 Å². The Morgan fingerprint density at radius 3 is 2.62 bits per heavy atom. The Morgan fingerprint density at radius 2 is 2.19 bits per heavy atom. The summed E-state index contributed by atoms with van der Waals surface area (Å²) in [7, 11) is 0. The highest BCUT2D eigenvalue weighted by molar-refractivity contribution is 5.94. The molecule has 5 N–H and O–H groups in total. The minimum atomic E-state index is -0.497. The third kappa shape index (κ3) is 2.64. The molecule has 0 bridgehead atoms. The molecule has 0 saturated carbocycles. The van der Waals surface area contributed by atoms with Gasteiger partial charge in [-0.1, -0.05) is 0 Å². The molecular formula is C11H17N3O2. The lowest BCUT2D eigenvalue weighted by Gasteiger charge is -2.23. The quantitative estimate of drug-likeness (QED) is 0.621. The summed E-state index contributed by atoms with van der Waals surface area (Å²) in [6, 6.07) is 4.93. The molecule has 0 atom stereocenters. The second-order valence-electron chi connectivity index (χ2n) is 3.44. The number of carbonyl (C=O) groups is 1. The van der Waals surface area contributed by atoms with Crippen LogP contribution < -0.4 is 16.4 Å². The van der Waals surface area contributed by atoms with E-state index in [1.165, 1.54) is 0 Å². The smallest absolute Gasteiger partial charge is 0.248 e. The van der Waals surface area contributed by atoms with Gasteiger partial charge in [0.05, 0.1) is 18.0 Å². The van der Waals surface area contributed by atoms with E-state index in [-0.39, 0.29) is 6.61 Å². The summed E-state index contributed by atoms with van der Waals surface area (Å²) in [5, 5.41) is 8.91. The molecule has 1 rings (SSSR count). The van der Waals surface area contributed by atoms with Gasteiger partial charge >= 0.3 is 0 Å². The van der Waals surface area contributed by atoms with Crippen molar-refractivity contribution in [2.24, 2.45) is 5.73 Å². The van der Waals surface area contributed by atoms with Crippen molar-refractivity contribution >= 4 is 17.3 Å². The Hall–Kier alpha value is -1.75. The second-order valence-corrected chi connectivity index (χ2v) is 3.44. The van der Waals surface area contributed by atoms with Crippen molar-refractivity contribution < 1.29 is 9.90 Å². The number of hydrogen-bond acceptors (Lipinski definition) is 4. The van der Waals surface area contributed by atoms with E-state index in [1.54, 1.807) is 18.2 Å². The van der Waals surface area contributed by atoms with E-state index in [1.807, 2.05) is 11.8 Å². The van der Waals surface area contributed by atoms with E-state index in [2.05, 4.69) is 0 Å². The van der Waals surface area contributed by atoms with Gasteiger partial charge in [-0.15, -0.1) is 0 Å². The molecule has 5 heteroatoms. The van der Waals surface area contributed by atoms with Crippen LogP contribution in [0.1, 0.15) is 17.3 Å². The van der Waals surface area contributed by atoms with Gasteiger partial charge in [0, 0.05) is 18.7 Å². The van der Waals surface area contributed by atoms with Crippen molar-refractivity contribution in [1.82, 2.24) is 0 Å². The van der Waals surface area contributed by atoms with Gasteiger partial charge in [0.2, 0.25) is 5.91 Å². The minimum absolute atomic E-state index is 0.0604. The van der Waals surface area contributed by atoms with Gasteiger partial charge < -0.3 is 21.5 Å². The van der Waals surface area contributed by atoms with Crippen LogP contribution in [-0.4, -0.2) is 30.7 Å². The summed E-state index contributed by atoms with van der Waals surface area (Å²) in [5.41, 5.74) is 12.7. The first kappa shape index (κ1) is 12.3. The molecule has 0 heterocycles. The molecule has 0 radical (unpaired) electrons. The Balaban J connectivity index is 3.01. The van der Waals surface area contributed by atoms with Gasteiger partial charge in [0.1, 0.15) is 0 Å². The zero-order valence-electron chi connectivity index (χ0n) is 9.31. The normalized spacial score (nSPS) is 10.1. The minimum Gasteiger partial charge on any atom is -0.397 e. The van der Waals surface area contributed by atoms with Gasteiger partial charge in [-0.25, -0.2) is 0 Å². The largest absolute Gasteiger partial charge is 0.397 e. The van der Waals surface area contributed by atoms with E-state index in [9.17, 15) is 4.79 Å². The monoisotopic (exact) mass is 223 g/mol. The van der Waals surface area contributed by atoms with Crippen LogP contribution in [-0.2, 0) is 0 Å². The van der Waals surface area contributed by atoms with E-state index in [4.69, 9.17) is 16.6 Å². The fourth-order valence-electron chi connectivity index (χ4n) is 1.57. The number of aliphatic hydroxyl groups excluding tert-OH is 1. The molecule has 0 aliphatic rings. The average Bonchev–Trinajstić information content (AvgIpc) is 2.26. The van der Waals surface area contributed by atoms with E-state index in [0.29, 0.717) is 17.8 Å². The first-order valence-electron chi connectivity index (χ1n) is 5.15. The lowest BCUT2D eigenvalue weighted by Crippen LogP contribution is -2.27. The number of anilines is 2. The van der Waals surface area contributed by atoms with Crippen molar-refractivity contribution in [2.45, 2.75) is 6.92 Å². The maximum atomic E-state index is 10.9. The molecule has 16 heavy (non-hydrogen) atoms. The fraction of sp³-hybridized carbons (Fsp3) is 0.364. The summed E-state index contributed by atoms with van der Waals surface area (Å²) in [4.78, 5) is 12.9. The Morgan fingerprint density at radius 1 is 1.50 bits per heavy atom. The molecule has 0 spiro atoms. The molecule has 1 aromatic carbocycles. The van der Waals surface area contributed by atoms with E-state index < -0.39 is 5.91 Å². The molecule has 5 nitrogen and oxygen atoms in total. The number of nitrogens with zero attached hydrogens (tertiary/aromatic N) is 1. The summed E-state index contributed by atoms with van der Waals surface area (Å²) >= 11 is 0. The number of rotatable bonds is 5. The van der Waals surface area contributed by atoms with E-state index in [0.717, 1.165) is 12.2 Å². The molecule has 0 unspecified atom stereocenters. The number of nitrogens with two attached hydrogens (primary N) is 2. The molecule has 88 valence electrons. The molecule has 0 aromatic heterocycles. The topological polar surface area (TPSA) is 92.6 Å². The number of likely N-dealkylation sites (N-methyl/N-ethyl adjacent to an activating group) is 1. The number of hydrogen-bond donors (Lipinski definition) is 3. The van der Waals surface area contributed by atoms with Gasteiger partial charge in [-0.3, -0.25) is 4.79 Å². The zero-order chi connectivity index (χ0) is 12.1. The first-order valence-corrected chi connectivity index (χ1v) is 5.15. The summed E-state index contributed by atoms with van der Waals surface area (Å²) in [5.74, 6) is -0.497. The van der Waals surface area contributed by atoms with E-state index >= 15 is 0 Å². The SMILES string of the molecule is CCN(CCO)c1ccc(C(N)=O)cc1N. The number of aliphatic hydroxyl groups is 1. The lowest BCUT2D eigenvalue weighted by atomic mass is 10.1. The van der Waals surface area contributed by atoms with Gasteiger partial charge in [0.25, 0.3) is 0 Å². The number of amides is 1. The molecule has 0 aliphatic heterocycles. The average molecular weight is 223 g/mol. The summed E-state index contributed by atoms with van der Waals surface area (Å²) in [6.07, 6.45) is 0. The predicted molar refractivity (Wildman–Crippen MR) is 64.3 cm³/mol. The Bertz CT molecular complexity index is 379. The highest BCUT2D eigenvalue weighted by atomic mass is 16.3. The van der Waals surface area contributed by atoms with Gasteiger partial charge in [-0.05, 0) is 25.1 Å². The predicted octanol–water partition coefficient (Wildman–Crippen LogP) is 0.186. The third-order valence-electron chi connectivity index (χ3n) is 2.40. The maximum absolute atomic E-state index is 10.9. The fourth-order valence-corrected chi connectivity index (χ4v) is 1.57. The van der Waals surface area contributed by atoms with Crippen molar-refractivity contribution in [3.05, 3.63) is 23.8 Å². The maximum Gasteiger partial charge on any atom is 0.248 e. The molecule has 0 saturated heterocycles. The van der Waals surface area contributed by atoms with Crippen molar-refractivity contribution in [3.8, 4) is 0 Å². The first-order chi connectivity index (χ1) is 7.60. The molecule has 0 fully saturated rings. The van der Waals surface area contributed by atoms with Crippen LogP contribution >= 0.6 is 0 Å². The standard InChI is InChI=1S/C11H17N3O2/c1-2-14(5-6-15)10-4-3-8(11(13)16)7-9(10)12/h3-4,7,15H,2,5-6,12H2,1H3,(H2,13,16). The van der Waals surface area contributed by atoms with Crippen LogP contribution in [0.15, 0.2) is 18.2 Å². The lowest BCUT2D eigenvalue weighted by molar-refractivity contribution is 0.100. The summed E-state index contributed by atoms with van der Waals surface area (Å²) < 4.78 is 0. The molecule has 1 aromatic rings. The second kappa shape index (κ2) is 5.37. The van der Waals surface area contributed by atoms with Crippen LogP contribution in [0.3, 0.4) is 0 Å². The van der Waals surface area contributed by atoms with Crippen molar-refractivity contribution in [3.63, 3.8) is 0 Å². The highest BCUT2D eigenvalue weighted by Crippen LogP contribution is 2.23. The number of carbonyl (C=O) groups excluding carboxylic acids is 1. The number of benzene rings is 1. The van der Waals surface area contributed by atoms with Crippen LogP contribution in [0.2, 0.25) is 0 Å². The molecule has 0 aliphatic carbocycles. The van der Waals surface area contributed by atoms with Gasteiger partial charge in [0.15, 0.2) is 0 Å². The summed E-state index contributed by atoms with van der Waals surface area (Å²) in [6.45, 7) is 3.28. The van der Waals surface area contributed by atoms with Crippen LogP contribution in [0, 0.1) is 0 Å². The number of primary amides is 1. The number of nitrogen functional groups attached to an aromatic ring is 1. The van der Waals surface area contributed by atoms with Gasteiger partial charge in [-0.2, -0.15) is 0 Å². The highest BCUT2D eigenvalue weighted by Gasteiger charge is 2.09. The Kier molecular flexibility index (Phi) is 4.13. The molecular weight excluding hydrogens is 206 g/mol. The third-order valence-corrected chi connectivity index (χ3v) is 2.40. The van der Waals surface area contributed by atoms with Crippen LogP contribution in [0.5, 0.6) is 0 Å². The molecule has 1 amide bonds. The van der Waals surface area contributed by atoms with Crippen LogP contribution in [0.25, 0.3) is 0 Å².